The molecule has 2 heterocycles. The van der Waals surface area contributed by atoms with E-state index in [1.54, 1.807) is 20.8 Å². The standard InChI is InChI=1S/C25H25NO3.C4H10O/c1-15-13-17-5-3-4-6-18(17)24(20(15)14-22(27)28-2)19-7-8-21-23-16(10-12-29-21)9-11-26-25(19)23;1-4(2,3)5/h3-8,13,16,26H,9-12,14H2,1-2H3;5H,1-3H3. The fraction of sp³-hybridized carbons (Fsp3) is 0.414. The summed E-state index contributed by atoms with van der Waals surface area (Å²) in [7, 11) is 1.45. The third kappa shape index (κ3) is 5.05. The van der Waals surface area contributed by atoms with Gasteiger partial charge in [-0.2, -0.15) is 0 Å². The molecule has 1 atom stereocenters. The Kier molecular flexibility index (Phi) is 6.85. The average molecular weight is 462 g/mol. The molecular formula is C29H35NO4. The summed E-state index contributed by atoms with van der Waals surface area (Å²) in [4.78, 5) is 12.2. The first-order valence-corrected chi connectivity index (χ1v) is 12.0. The van der Waals surface area contributed by atoms with Crippen molar-refractivity contribution >= 4 is 22.4 Å². The first-order valence-electron chi connectivity index (χ1n) is 12.0. The van der Waals surface area contributed by atoms with E-state index in [-0.39, 0.29) is 12.4 Å². The number of nitrogens with one attached hydrogen (secondary N) is 1. The van der Waals surface area contributed by atoms with Crippen molar-refractivity contribution in [3.63, 3.8) is 0 Å². The van der Waals surface area contributed by atoms with Crippen molar-refractivity contribution in [1.29, 1.82) is 0 Å². The number of aliphatic hydroxyl groups is 1. The number of carbonyl (C=O) groups is 1. The van der Waals surface area contributed by atoms with E-state index in [2.05, 4.69) is 54.7 Å². The van der Waals surface area contributed by atoms with E-state index in [1.165, 1.54) is 23.7 Å². The summed E-state index contributed by atoms with van der Waals surface area (Å²) in [5.41, 5.74) is 6.39. The Bertz CT molecular complexity index is 1200. The first-order chi connectivity index (χ1) is 16.2. The van der Waals surface area contributed by atoms with Gasteiger partial charge in [0, 0.05) is 23.4 Å². The summed E-state index contributed by atoms with van der Waals surface area (Å²) in [6.45, 7) is 9.06. The molecule has 34 heavy (non-hydrogen) atoms. The molecule has 1 unspecified atom stereocenters. The molecule has 5 rings (SSSR count). The fourth-order valence-corrected chi connectivity index (χ4v) is 4.93. The minimum atomic E-state index is -0.500. The summed E-state index contributed by atoms with van der Waals surface area (Å²) >= 11 is 0. The van der Waals surface area contributed by atoms with Crippen LogP contribution in [0.15, 0.2) is 42.5 Å². The molecule has 3 aromatic carbocycles. The summed E-state index contributed by atoms with van der Waals surface area (Å²) in [5, 5.41) is 14.5. The predicted molar refractivity (Wildman–Crippen MR) is 138 cm³/mol. The van der Waals surface area contributed by atoms with Crippen molar-refractivity contribution < 1.29 is 19.4 Å². The maximum absolute atomic E-state index is 12.2. The van der Waals surface area contributed by atoms with Gasteiger partial charge in [-0.05, 0) is 86.1 Å². The smallest absolute Gasteiger partial charge is 0.310 e. The molecule has 5 nitrogen and oxygen atoms in total. The molecule has 0 saturated heterocycles. The number of ether oxygens (including phenoxy) is 2. The molecule has 0 aliphatic carbocycles. The number of carbonyl (C=O) groups excluding carboxylic acids is 1. The molecule has 0 amide bonds. The Hall–Kier alpha value is -3.05. The van der Waals surface area contributed by atoms with Crippen molar-refractivity contribution in [3.8, 4) is 16.9 Å². The van der Waals surface area contributed by atoms with Crippen LogP contribution in [0.25, 0.3) is 21.9 Å². The van der Waals surface area contributed by atoms with Gasteiger partial charge in [0.25, 0.3) is 0 Å². The fourth-order valence-electron chi connectivity index (χ4n) is 4.93. The maximum atomic E-state index is 12.2. The highest BCUT2D eigenvalue weighted by molar-refractivity contribution is 6.03. The van der Waals surface area contributed by atoms with Gasteiger partial charge in [-0.3, -0.25) is 4.79 Å². The molecule has 0 spiro atoms. The SMILES string of the molecule is CC(C)(C)O.COC(=O)Cc1c(C)cc2ccccc2c1-c1ccc2c3c1NCCC3CCO2. The second-order valence-electron chi connectivity index (χ2n) is 10.1. The van der Waals surface area contributed by atoms with E-state index in [9.17, 15) is 4.79 Å². The van der Waals surface area contributed by atoms with Crippen LogP contribution in [-0.2, 0) is 16.0 Å². The zero-order valence-corrected chi connectivity index (χ0v) is 20.8. The Morgan fingerprint density at radius 1 is 1.18 bits per heavy atom. The van der Waals surface area contributed by atoms with Gasteiger partial charge in [-0.1, -0.05) is 30.3 Å². The van der Waals surface area contributed by atoms with Crippen LogP contribution in [0, 0.1) is 6.92 Å². The van der Waals surface area contributed by atoms with Crippen LogP contribution in [0.3, 0.4) is 0 Å². The highest BCUT2D eigenvalue weighted by Crippen LogP contribution is 2.49. The Morgan fingerprint density at radius 2 is 1.91 bits per heavy atom. The number of esters is 1. The summed E-state index contributed by atoms with van der Waals surface area (Å²) < 4.78 is 11.0. The first kappa shape index (κ1) is 24.1. The molecule has 0 radical (unpaired) electrons. The van der Waals surface area contributed by atoms with Crippen molar-refractivity contribution in [1.82, 2.24) is 0 Å². The van der Waals surface area contributed by atoms with Gasteiger partial charge in [0.15, 0.2) is 0 Å². The van der Waals surface area contributed by atoms with Crippen molar-refractivity contribution in [2.24, 2.45) is 0 Å². The molecule has 180 valence electrons. The van der Waals surface area contributed by atoms with Crippen LogP contribution in [0.5, 0.6) is 5.75 Å². The topological polar surface area (TPSA) is 67.8 Å². The van der Waals surface area contributed by atoms with Crippen LogP contribution in [0.2, 0.25) is 0 Å². The number of hydrogen-bond acceptors (Lipinski definition) is 5. The number of fused-ring (bicyclic) bond motifs is 1. The lowest BCUT2D eigenvalue weighted by atomic mass is 9.81. The summed E-state index contributed by atoms with van der Waals surface area (Å²) in [5.74, 6) is 1.32. The van der Waals surface area contributed by atoms with E-state index in [0.29, 0.717) is 5.92 Å². The number of aryl methyl sites for hydroxylation is 1. The minimum absolute atomic E-state index is 0.217. The Balaban J connectivity index is 0.000000499. The lowest BCUT2D eigenvalue weighted by molar-refractivity contribution is -0.139. The van der Waals surface area contributed by atoms with Crippen molar-refractivity contribution in [3.05, 3.63) is 59.2 Å². The van der Waals surface area contributed by atoms with E-state index in [0.717, 1.165) is 59.4 Å². The minimum Gasteiger partial charge on any atom is -0.493 e. The van der Waals surface area contributed by atoms with E-state index in [4.69, 9.17) is 14.6 Å². The molecule has 0 fully saturated rings. The maximum Gasteiger partial charge on any atom is 0.310 e. The van der Waals surface area contributed by atoms with Crippen LogP contribution >= 0.6 is 0 Å². The van der Waals surface area contributed by atoms with Crippen molar-refractivity contribution in [2.75, 3.05) is 25.6 Å². The van der Waals surface area contributed by atoms with E-state index < -0.39 is 5.60 Å². The normalized spacial score (nSPS) is 16.5. The van der Waals surface area contributed by atoms with Gasteiger partial charge in [-0.15, -0.1) is 0 Å². The van der Waals surface area contributed by atoms with E-state index >= 15 is 0 Å². The van der Waals surface area contributed by atoms with Crippen LogP contribution in [-0.4, -0.2) is 36.9 Å². The Morgan fingerprint density at radius 3 is 2.65 bits per heavy atom. The number of hydrogen-bond donors (Lipinski definition) is 2. The van der Waals surface area contributed by atoms with Gasteiger partial charge in [0.2, 0.25) is 0 Å². The van der Waals surface area contributed by atoms with Gasteiger partial charge < -0.3 is 19.9 Å². The number of anilines is 1. The summed E-state index contributed by atoms with van der Waals surface area (Å²) in [6.07, 6.45) is 2.46. The zero-order chi connectivity index (χ0) is 24.5. The monoisotopic (exact) mass is 461 g/mol. The molecule has 3 aromatic rings. The van der Waals surface area contributed by atoms with Crippen LogP contribution in [0.4, 0.5) is 5.69 Å². The van der Waals surface area contributed by atoms with Gasteiger partial charge in [-0.25, -0.2) is 0 Å². The zero-order valence-electron chi connectivity index (χ0n) is 20.8. The van der Waals surface area contributed by atoms with Gasteiger partial charge in [0.1, 0.15) is 5.75 Å². The molecule has 0 saturated carbocycles. The number of rotatable bonds is 3. The molecule has 2 aliphatic rings. The quantitative estimate of drug-likeness (QED) is 0.469. The molecule has 5 heteroatoms. The lowest BCUT2D eigenvalue weighted by Crippen LogP contribution is -2.24. The third-order valence-electron chi connectivity index (χ3n) is 6.33. The number of methoxy groups -OCH3 is 1. The lowest BCUT2D eigenvalue weighted by Gasteiger charge is -2.34. The highest BCUT2D eigenvalue weighted by atomic mass is 16.5. The van der Waals surface area contributed by atoms with Crippen LogP contribution < -0.4 is 10.1 Å². The largest absolute Gasteiger partial charge is 0.493 e. The molecule has 2 N–H and O–H groups in total. The third-order valence-corrected chi connectivity index (χ3v) is 6.33. The van der Waals surface area contributed by atoms with E-state index in [1.807, 2.05) is 0 Å². The van der Waals surface area contributed by atoms with Crippen molar-refractivity contribution in [2.45, 2.75) is 58.5 Å². The van der Waals surface area contributed by atoms with Crippen LogP contribution in [0.1, 0.15) is 56.2 Å². The second kappa shape index (κ2) is 9.67. The second-order valence-corrected chi connectivity index (χ2v) is 10.1. The molecular weight excluding hydrogens is 426 g/mol. The summed E-state index contributed by atoms with van der Waals surface area (Å²) in [6, 6.07) is 14.8. The molecule has 2 aliphatic heterocycles. The number of benzene rings is 3. The van der Waals surface area contributed by atoms with Gasteiger partial charge >= 0.3 is 5.97 Å². The van der Waals surface area contributed by atoms with Gasteiger partial charge in [0.05, 0.1) is 25.7 Å². The highest BCUT2D eigenvalue weighted by Gasteiger charge is 2.30. The molecule has 0 aromatic heterocycles. The predicted octanol–water partition coefficient (Wildman–Crippen LogP) is 5.99. The molecule has 0 bridgehead atoms. The average Bonchev–Trinajstić information content (AvgIpc) is 2.79. The Labute approximate surface area is 202 Å².